The standard InChI is InChI=1S/C7H7N5O2S/c1-15-6-9-3-4(2-8)5(10-6)11-12-7(13)14/h3,12H,1H3,(H,13,14)(H,9,10,11). The van der Waals surface area contributed by atoms with E-state index < -0.39 is 6.09 Å². The molecule has 1 rings (SSSR count). The molecule has 0 fully saturated rings. The summed E-state index contributed by atoms with van der Waals surface area (Å²) in [4.78, 5) is 18.0. The van der Waals surface area contributed by atoms with Gasteiger partial charge in [-0.3, -0.25) is 5.43 Å². The fourth-order valence-corrected chi connectivity index (χ4v) is 1.09. The molecule has 1 aromatic heterocycles. The van der Waals surface area contributed by atoms with E-state index in [1.165, 1.54) is 18.0 Å². The summed E-state index contributed by atoms with van der Waals surface area (Å²) in [6.07, 6.45) is 1.84. The van der Waals surface area contributed by atoms with Crippen LogP contribution in [0, 0.1) is 11.3 Å². The normalized spacial score (nSPS) is 9.07. The Morgan fingerprint density at radius 2 is 2.47 bits per heavy atom. The van der Waals surface area contributed by atoms with Crippen molar-refractivity contribution in [1.29, 1.82) is 5.26 Å². The number of aromatic nitrogens is 2. The van der Waals surface area contributed by atoms with Crippen LogP contribution in [0.4, 0.5) is 10.6 Å². The topological polar surface area (TPSA) is 111 Å². The molecule has 0 aromatic carbocycles. The van der Waals surface area contributed by atoms with Crippen molar-refractivity contribution in [3.63, 3.8) is 0 Å². The molecule has 0 saturated carbocycles. The highest BCUT2D eigenvalue weighted by atomic mass is 32.2. The minimum absolute atomic E-state index is 0.138. The zero-order chi connectivity index (χ0) is 11.3. The zero-order valence-corrected chi connectivity index (χ0v) is 8.50. The Bertz CT molecular complexity index is 416. The van der Waals surface area contributed by atoms with Crippen LogP contribution in [-0.4, -0.2) is 27.4 Å². The van der Waals surface area contributed by atoms with E-state index in [2.05, 4.69) is 15.4 Å². The monoisotopic (exact) mass is 225 g/mol. The lowest BCUT2D eigenvalue weighted by molar-refractivity contribution is 0.197. The molecule has 0 atom stereocenters. The molecule has 1 aromatic rings. The van der Waals surface area contributed by atoms with Crippen LogP contribution in [0.5, 0.6) is 0 Å². The van der Waals surface area contributed by atoms with Crippen LogP contribution in [0.2, 0.25) is 0 Å². The number of amides is 1. The predicted octanol–water partition coefficient (Wildman–Crippen LogP) is 0.665. The van der Waals surface area contributed by atoms with Crippen molar-refractivity contribution in [2.24, 2.45) is 0 Å². The molecule has 0 saturated heterocycles. The lowest BCUT2D eigenvalue weighted by Gasteiger charge is -2.06. The second-order valence-electron chi connectivity index (χ2n) is 2.29. The Balaban J connectivity index is 2.92. The van der Waals surface area contributed by atoms with E-state index in [4.69, 9.17) is 10.4 Å². The summed E-state index contributed by atoms with van der Waals surface area (Å²) in [5, 5.41) is 17.5. The molecule has 0 bridgehead atoms. The Kier molecular flexibility index (Phi) is 3.70. The Labute approximate surface area is 89.5 Å². The third-order valence-corrected chi connectivity index (χ3v) is 1.92. The van der Waals surface area contributed by atoms with Crippen molar-refractivity contribution in [3.8, 4) is 6.07 Å². The average molecular weight is 225 g/mol. The van der Waals surface area contributed by atoms with Gasteiger partial charge in [0.1, 0.15) is 11.6 Å². The van der Waals surface area contributed by atoms with E-state index in [9.17, 15) is 4.79 Å². The van der Waals surface area contributed by atoms with Gasteiger partial charge in [-0.2, -0.15) is 5.26 Å². The number of rotatable bonds is 3. The zero-order valence-electron chi connectivity index (χ0n) is 7.68. The lowest BCUT2D eigenvalue weighted by Crippen LogP contribution is -2.28. The highest BCUT2D eigenvalue weighted by Gasteiger charge is 2.06. The summed E-state index contributed by atoms with van der Waals surface area (Å²) in [5.41, 5.74) is 4.37. The molecular formula is C7H7N5O2S. The van der Waals surface area contributed by atoms with Gasteiger partial charge in [0.25, 0.3) is 0 Å². The number of nitrogens with one attached hydrogen (secondary N) is 2. The molecule has 8 heteroatoms. The third-order valence-electron chi connectivity index (χ3n) is 1.36. The van der Waals surface area contributed by atoms with Gasteiger partial charge >= 0.3 is 6.09 Å². The second kappa shape index (κ2) is 5.02. The van der Waals surface area contributed by atoms with E-state index in [0.29, 0.717) is 5.16 Å². The fraction of sp³-hybridized carbons (Fsp3) is 0.143. The fourth-order valence-electron chi connectivity index (χ4n) is 0.754. The van der Waals surface area contributed by atoms with Crippen molar-refractivity contribution in [2.45, 2.75) is 5.16 Å². The molecular weight excluding hydrogens is 218 g/mol. The van der Waals surface area contributed by atoms with Crippen molar-refractivity contribution in [2.75, 3.05) is 11.7 Å². The Hall–Kier alpha value is -2.01. The molecule has 1 heterocycles. The van der Waals surface area contributed by atoms with Gasteiger partial charge in [0, 0.05) is 0 Å². The predicted molar refractivity (Wildman–Crippen MR) is 53.3 cm³/mol. The summed E-state index contributed by atoms with van der Waals surface area (Å²) in [6, 6.07) is 1.84. The molecule has 7 nitrogen and oxygen atoms in total. The lowest BCUT2D eigenvalue weighted by atomic mass is 10.3. The first kappa shape index (κ1) is 11.1. The first-order chi connectivity index (χ1) is 7.17. The molecule has 78 valence electrons. The number of carbonyl (C=O) groups is 1. The first-order valence-electron chi connectivity index (χ1n) is 3.73. The molecule has 0 aliphatic heterocycles. The number of thioether (sulfide) groups is 1. The van der Waals surface area contributed by atoms with E-state index in [1.54, 1.807) is 6.26 Å². The van der Waals surface area contributed by atoms with E-state index in [1.807, 2.05) is 11.5 Å². The maximum atomic E-state index is 10.2. The molecule has 0 unspecified atom stereocenters. The van der Waals surface area contributed by atoms with Crippen LogP contribution in [0.15, 0.2) is 11.4 Å². The quantitative estimate of drug-likeness (QED) is 0.393. The number of hydrogen-bond donors (Lipinski definition) is 3. The van der Waals surface area contributed by atoms with Crippen molar-refractivity contribution >= 4 is 23.7 Å². The van der Waals surface area contributed by atoms with Crippen LogP contribution >= 0.6 is 11.8 Å². The number of anilines is 1. The van der Waals surface area contributed by atoms with Crippen molar-refractivity contribution < 1.29 is 9.90 Å². The number of nitrogens with zero attached hydrogens (tertiary/aromatic N) is 3. The third kappa shape index (κ3) is 2.99. The molecule has 0 aliphatic rings. The Morgan fingerprint density at radius 1 is 1.73 bits per heavy atom. The highest BCUT2D eigenvalue weighted by Crippen LogP contribution is 2.14. The van der Waals surface area contributed by atoms with Gasteiger partial charge in [-0.25, -0.2) is 20.2 Å². The van der Waals surface area contributed by atoms with Gasteiger partial charge in [0.05, 0.1) is 6.20 Å². The van der Waals surface area contributed by atoms with Crippen LogP contribution in [0.1, 0.15) is 5.56 Å². The van der Waals surface area contributed by atoms with Gasteiger partial charge < -0.3 is 5.11 Å². The summed E-state index contributed by atoms with van der Waals surface area (Å²) in [6.45, 7) is 0. The molecule has 0 radical (unpaired) electrons. The summed E-state index contributed by atoms with van der Waals surface area (Å²) < 4.78 is 0. The number of hydrazine groups is 1. The molecule has 3 N–H and O–H groups in total. The van der Waals surface area contributed by atoms with Crippen molar-refractivity contribution in [1.82, 2.24) is 15.4 Å². The van der Waals surface area contributed by atoms with Crippen molar-refractivity contribution in [3.05, 3.63) is 11.8 Å². The maximum Gasteiger partial charge on any atom is 0.423 e. The second-order valence-corrected chi connectivity index (χ2v) is 3.06. The number of nitriles is 1. The van der Waals surface area contributed by atoms with Gasteiger partial charge in [0.15, 0.2) is 11.0 Å². The van der Waals surface area contributed by atoms with E-state index in [-0.39, 0.29) is 11.4 Å². The molecule has 0 spiro atoms. The molecule has 1 amide bonds. The minimum Gasteiger partial charge on any atom is -0.464 e. The van der Waals surface area contributed by atoms with Gasteiger partial charge in [0.2, 0.25) is 0 Å². The number of hydrogen-bond acceptors (Lipinski definition) is 6. The molecule has 15 heavy (non-hydrogen) atoms. The number of carboxylic acid groups (broad SMARTS) is 1. The van der Waals surface area contributed by atoms with Crippen LogP contribution in [0.25, 0.3) is 0 Å². The maximum absolute atomic E-state index is 10.2. The smallest absolute Gasteiger partial charge is 0.423 e. The Morgan fingerprint density at radius 3 is 3.00 bits per heavy atom. The largest absolute Gasteiger partial charge is 0.464 e. The van der Waals surface area contributed by atoms with Gasteiger partial charge in [-0.1, -0.05) is 11.8 Å². The van der Waals surface area contributed by atoms with Gasteiger partial charge in [-0.05, 0) is 6.26 Å². The summed E-state index contributed by atoms with van der Waals surface area (Å²) in [5.74, 6) is 0.138. The van der Waals surface area contributed by atoms with Gasteiger partial charge in [-0.15, -0.1) is 0 Å². The van der Waals surface area contributed by atoms with Crippen LogP contribution in [-0.2, 0) is 0 Å². The minimum atomic E-state index is -1.26. The highest BCUT2D eigenvalue weighted by molar-refractivity contribution is 7.98. The van der Waals surface area contributed by atoms with Crippen LogP contribution < -0.4 is 10.9 Å². The first-order valence-corrected chi connectivity index (χ1v) is 4.96. The average Bonchev–Trinajstić information content (AvgIpc) is 2.25. The summed E-state index contributed by atoms with van der Waals surface area (Å²) >= 11 is 1.29. The molecule has 0 aliphatic carbocycles. The van der Waals surface area contributed by atoms with E-state index in [0.717, 1.165) is 0 Å². The SMILES string of the molecule is CSc1ncc(C#N)c(NNC(=O)O)n1. The van der Waals surface area contributed by atoms with Crippen LogP contribution in [0.3, 0.4) is 0 Å². The van der Waals surface area contributed by atoms with E-state index >= 15 is 0 Å². The summed E-state index contributed by atoms with van der Waals surface area (Å²) in [7, 11) is 0.